The summed E-state index contributed by atoms with van der Waals surface area (Å²) >= 11 is 0. The van der Waals surface area contributed by atoms with Crippen molar-refractivity contribution in [1.82, 2.24) is 10.2 Å². The molecular weight excluding hydrogens is 264 g/mol. The zero-order valence-corrected chi connectivity index (χ0v) is 13.3. The van der Waals surface area contributed by atoms with Crippen LogP contribution in [0.5, 0.6) is 0 Å². The van der Waals surface area contributed by atoms with Crippen LogP contribution in [0.4, 0.5) is 0 Å². The second-order valence-corrected chi connectivity index (χ2v) is 6.44. The summed E-state index contributed by atoms with van der Waals surface area (Å²) in [6.45, 7) is 9.56. The molecular formula is C17H24N2O2. The highest BCUT2D eigenvalue weighted by Crippen LogP contribution is 2.19. The molecule has 0 unspecified atom stereocenters. The minimum Gasteiger partial charge on any atom is -0.353 e. The average Bonchev–Trinajstić information content (AvgIpc) is 2.44. The van der Waals surface area contributed by atoms with Crippen LogP contribution in [-0.4, -0.2) is 41.8 Å². The zero-order valence-electron chi connectivity index (χ0n) is 13.3. The first-order chi connectivity index (χ1) is 9.82. The van der Waals surface area contributed by atoms with Gasteiger partial charge < -0.3 is 5.32 Å². The molecule has 1 N–H and O–H groups in total. The second-order valence-electron chi connectivity index (χ2n) is 6.44. The topological polar surface area (TPSA) is 49.4 Å². The molecule has 1 aliphatic heterocycles. The molecule has 21 heavy (non-hydrogen) atoms. The fourth-order valence-electron chi connectivity index (χ4n) is 2.54. The SMILES string of the molecule is CC(C)c1ccc(C(=O)CN2CCNC(=O)C2(C)C)cc1. The summed E-state index contributed by atoms with van der Waals surface area (Å²) in [5.74, 6) is 0.503. The molecule has 1 amide bonds. The number of benzene rings is 1. The van der Waals surface area contributed by atoms with Crippen LogP contribution in [0.2, 0.25) is 0 Å². The molecule has 0 radical (unpaired) electrons. The molecule has 114 valence electrons. The van der Waals surface area contributed by atoms with Gasteiger partial charge in [-0.05, 0) is 25.3 Å². The summed E-state index contributed by atoms with van der Waals surface area (Å²) in [4.78, 5) is 26.3. The molecule has 1 fully saturated rings. The first kappa shape index (κ1) is 15.7. The van der Waals surface area contributed by atoms with Crippen LogP contribution in [0.3, 0.4) is 0 Å². The first-order valence-electron chi connectivity index (χ1n) is 7.49. The van der Waals surface area contributed by atoms with Gasteiger partial charge >= 0.3 is 0 Å². The van der Waals surface area contributed by atoms with Crippen molar-refractivity contribution in [2.24, 2.45) is 0 Å². The monoisotopic (exact) mass is 288 g/mol. The van der Waals surface area contributed by atoms with Crippen molar-refractivity contribution >= 4 is 11.7 Å². The molecule has 1 heterocycles. The molecule has 2 rings (SSSR count). The molecule has 1 saturated heterocycles. The fraction of sp³-hybridized carbons (Fsp3) is 0.529. The number of hydrogen-bond acceptors (Lipinski definition) is 3. The maximum atomic E-state index is 12.4. The number of rotatable bonds is 4. The van der Waals surface area contributed by atoms with E-state index >= 15 is 0 Å². The van der Waals surface area contributed by atoms with E-state index in [0.29, 0.717) is 24.6 Å². The quantitative estimate of drug-likeness (QED) is 0.864. The minimum absolute atomic E-state index is 0.0169. The van der Waals surface area contributed by atoms with Gasteiger partial charge in [-0.15, -0.1) is 0 Å². The standard InChI is InChI=1S/C17H24N2O2/c1-12(2)13-5-7-14(8-6-13)15(20)11-19-10-9-18-16(21)17(19,3)4/h5-8,12H,9-11H2,1-4H3,(H,18,21). The van der Waals surface area contributed by atoms with Gasteiger partial charge in [0.2, 0.25) is 5.91 Å². The van der Waals surface area contributed by atoms with Crippen LogP contribution >= 0.6 is 0 Å². The van der Waals surface area contributed by atoms with E-state index in [1.807, 2.05) is 43.0 Å². The van der Waals surface area contributed by atoms with Crippen molar-refractivity contribution in [1.29, 1.82) is 0 Å². The van der Waals surface area contributed by atoms with Crippen LogP contribution in [-0.2, 0) is 4.79 Å². The number of carbonyl (C=O) groups is 2. The highest BCUT2D eigenvalue weighted by Gasteiger charge is 2.38. The van der Waals surface area contributed by atoms with Crippen LogP contribution in [0.1, 0.15) is 49.5 Å². The lowest BCUT2D eigenvalue weighted by Crippen LogP contribution is -2.62. The summed E-state index contributed by atoms with van der Waals surface area (Å²) in [6, 6.07) is 7.78. The van der Waals surface area contributed by atoms with Gasteiger partial charge in [0.05, 0.1) is 12.1 Å². The Morgan fingerprint density at radius 3 is 2.48 bits per heavy atom. The van der Waals surface area contributed by atoms with Gasteiger partial charge in [-0.2, -0.15) is 0 Å². The third-order valence-electron chi connectivity index (χ3n) is 4.25. The van der Waals surface area contributed by atoms with Crippen LogP contribution in [0.25, 0.3) is 0 Å². The average molecular weight is 288 g/mol. The molecule has 0 bridgehead atoms. The number of piperazine rings is 1. The van der Waals surface area contributed by atoms with E-state index in [0.717, 1.165) is 0 Å². The Balaban J connectivity index is 2.08. The molecule has 0 aliphatic carbocycles. The summed E-state index contributed by atoms with van der Waals surface area (Å²) in [5.41, 5.74) is 1.30. The van der Waals surface area contributed by atoms with Gasteiger partial charge in [0, 0.05) is 18.7 Å². The Morgan fingerprint density at radius 1 is 1.29 bits per heavy atom. The Bertz CT molecular complexity index is 532. The molecule has 0 spiro atoms. The Labute approximate surface area is 126 Å². The normalized spacial score (nSPS) is 18.6. The number of nitrogens with one attached hydrogen (secondary N) is 1. The molecule has 4 nitrogen and oxygen atoms in total. The van der Waals surface area contributed by atoms with Crippen LogP contribution in [0, 0.1) is 0 Å². The van der Waals surface area contributed by atoms with Gasteiger partial charge in [-0.25, -0.2) is 0 Å². The molecule has 1 aromatic rings. The zero-order chi connectivity index (χ0) is 15.6. The van der Waals surface area contributed by atoms with Gasteiger partial charge in [-0.3, -0.25) is 14.5 Å². The van der Waals surface area contributed by atoms with E-state index in [9.17, 15) is 9.59 Å². The Hall–Kier alpha value is -1.68. The minimum atomic E-state index is -0.633. The second kappa shape index (κ2) is 5.98. The summed E-state index contributed by atoms with van der Waals surface area (Å²) in [5, 5.41) is 2.84. The number of hydrogen-bond donors (Lipinski definition) is 1. The maximum absolute atomic E-state index is 12.4. The highest BCUT2D eigenvalue weighted by molar-refractivity contribution is 5.98. The van der Waals surface area contributed by atoms with E-state index in [1.54, 1.807) is 0 Å². The number of carbonyl (C=O) groups excluding carboxylic acids is 2. The number of ketones is 1. The Morgan fingerprint density at radius 2 is 1.90 bits per heavy atom. The van der Waals surface area contributed by atoms with Crippen LogP contribution < -0.4 is 5.32 Å². The lowest BCUT2D eigenvalue weighted by molar-refractivity contribution is -0.134. The molecule has 1 aromatic carbocycles. The maximum Gasteiger partial charge on any atom is 0.240 e. The predicted octanol–water partition coefficient (Wildman–Crippen LogP) is 2.20. The summed E-state index contributed by atoms with van der Waals surface area (Å²) < 4.78 is 0. The van der Waals surface area contributed by atoms with Gasteiger partial charge in [-0.1, -0.05) is 38.1 Å². The van der Waals surface area contributed by atoms with Crippen molar-refractivity contribution in [3.8, 4) is 0 Å². The number of nitrogens with zero attached hydrogens (tertiary/aromatic N) is 1. The van der Waals surface area contributed by atoms with Gasteiger partial charge in [0.15, 0.2) is 5.78 Å². The largest absolute Gasteiger partial charge is 0.353 e. The van der Waals surface area contributed by atoms with Crippen molar-refractivity contribution in [3.05, 3.63) is 35.4 Å². The number of amides is 1. The summed E-state index contributed by atoms with van der Waals surface area (Å²) in [7, 11) is 0. The van der Waals surface area contributed by atoms with Crippen molar-refractivity contribution in [2.75, 3.05) is 19.6 Å². The lowest BCUT2D eigenvalue weighted by atomic mass is 9.97. The van der Waals surface area contributed by atoms with Crippen molar-refractivity contribution < 1.29 is 9.59 Å². The smallest absolute Gasteiger partial charge is 0.240 e. The van der Waals surface area contributed by atoms with E-state index in [1.165, 1.54) is 5.56 Å². The summed E-state index contributed by atoms with van der Waals surface area (Å²) in [6.07, 6.45) is 0. The predicted molar refractivity (Wildman–Crippen MR) is 83.5 cm³/mol. The van der Waals surface area contributed by atoms with Gasteiger partial charge in [0.1, 0.15) is 0 Å². The lowest BCUT2D eigenvalue weighted by Gasteiger charge is -2.40. The third kappa shape index (κ3) is 3.32. The van der Waals surface area contributed by atoms with E-state index in [2.05, 4.69) is 19.2 Å². The molecule has 0 saturated carbocycles. The fourth-order valence-corrected chi connectivity index (χ4v) is 2.54. The van der Waals surface area contributed by atoms with Crippen LogP contribution in [0.15, 0.2) is 24.3 Å². The number of Topliss-reactive ketones (excluding diaryl/α,β-unsaturated/α-hetero) is 1. The van der Waals surface area contributed by atoms with E-state index in [-0.39, 0.29) is 18.2 Å². The van der Waals surface area contributed by atoms with E-state index < -0.39 is 5.54 Å². The van der Waals surface area contributed by atoms with Crippen molar-refractivity contribution in [2.45, 2.75) is 39.2 Å². The van der Waals surface area contributed by atoms with Crippen molar-refractivity contribution in [3.63, 3.8) is 0 Å². The molecule has 0 atom stereocenters. The first-order valence-corrected chi connectivity index (χ1v) is 7.49. The molecule has 4 heteroatoms. The Kier molecular flexibility index (Phi) is 4.47. The van der Waals surface area contributed by atoms with Gasteiger partial charge in [0.25, 0.3) is 0 Å². The molecule has 0 aromatic heterocycles. The van der Waals surface area contributed by atoms with E-state index in [4.69, 9.17) is 0 Å². The highest BCUT2D eigenvalue weighted by atomic mass is 16.2. The third-order valence-corrected chi connectivity index (χ3v) is 4.25. The molecule has 1 aliphatic rings.